The van der Waals surface area contributed by atoms with E-state index in [9.17, 15) is 22.4 Å². The molecule has 0 fully saturated rings. The topological polar surface area (TPSA) is 77.5 Å². The van der Waals surface area contributed by atoms with Crippen molar-refractivity contribution < 1.29 is 27.1 Å². The Hall–Kier alpha value is -2.54. The first kappa shape index (κ1) is 19.8. The Kier molecular flexibility index (Phi) is 6.26. The molecule has 0 saturated heterocycles. The van der Waals surface area contributed by atoms with Crippen LogP contribution in [0.1, 0.15) is 35.2 Å². The molecule has 7 heteroatoms. The molecular formula is C19H19FO5S. The molecule has 5 nitrogen and oxygen atoms in total. The van der Waals surface area contributed by atoms with Gasteiger partial charge in [0.05, 0.1) is 23.8 Å². The predicted octanol–water partition coefficient (Wildman–Crippen LogP) is 3.15. The van der Waals surface area contributed by atoms with Gasteiger partial charge in [-0.05, 0) is 48.9 Å². The molecule has 0 radical (unpaired) electrons. The van der Waals surface area contributed by atoms with Gasteiger partial charge < -0.3 is 4.74 Å². The van der Waals surface area contributed by atoms with E-state index in [2.05, 4.69) is 0 Å². The van der Waals surface area contributed by atoms with Crippen molar-refractivity contribution in [1.82, 2.24) is 0 Å². The van der Waals surface area contributed by atoms with Crippen LogP contribution < -0.4 is 0 Å². The molecule has 0 bridgehead atoms. The molecule has 138 valence electrons. The molecule has 1 unspecified atom stereocenters. The highest BCUT2D eigenvalue weighted by Gasteiger charge is 2.26. The summed E-state index contributed by atoms with van der Waals surface area (Å²) in [4.78, 5) is 24.9. The molecule has 0 spiro atoms. The summed E-state index contributed by atoms with van der Waals surface area (Å²) in [6, 6.07) is 10.8. The van der Waals surface area contributed by atoms with Crippen molar-refractivity contribution in [2.75, 3.05) is 12.9 Å². The van der Waals surface area contributed by atoms with E-state index in [0.717, 1.165) is 6.26 Å². The lowest BCUT2D eigenvalue weighted by atomic mass is 9.88. The van der Waals surface area contributed by atoms with Gasteiger partial charge in [0, 0.05) is 11.8 Å². The number of rotatable bonds is 7. The molecule has 2 aromatic carbocycles. The summed E-state index contributed by atoms with van der Waals surface area (Å²) in [5.41, 5.74) is 0.743. The quantitative estimate of drug-likeness (QED) is 0.546. The minimum atomic E-state index is -3.37. The summed E-state index contributed by atoms with van der Waals surface area (Å²) in [5.74, 6) is -2.24. The van der Waals surface area contributed by atoms with Gasteiger partial charge in [-0.15, -0.1) is 0 Å². The van der Waals surface area contributed by atoms with Gasteiger partial charge in [0.2, 0.25) is 0 Å². The van der Waals surface area contributed by atoms with Crippen LogP contribution in [0.25, 0.3) is 0 Å². The number of Topliss-reactive ketones (excluding diaryl/α,β-unsaturated/α-hetero) is 1. The Morgan fingerprint density at radius 2 is 1.62 bits per heavy atom. The second kappa shape index (κ2) is 8.23. The Morgan fingerprint density at radius 3 is 2.12 bits per heavy atom. The van der Waals surface area contributed by atoms with Crippen LogP contribution in [0.4, 0.5) is 4.39 Å². The molecular weight excluding hydrogens is 359 g/mol. The highest BCUT2D eigenvalue weighted by molar-refractivity contribution is 7.90. The van der Waals surface area contributed by atoms with Crippen LogP contribution in [0.3, 0.4) is 0 Å². The van der Waals surface area contributed by atoms with Gasteiger partial charge in [-0.1, -0.05) is 12.1 Å². The number of carbonyl (C=O) groups is 2. The first-order chi connectivity index (χ1) is 12.2. The summed E-state index contributed by atoms with van der Waals surface area (Å²) in [5, 5.41) is 0. The average molecular weight is 378 g/mol. The Bertz CT molecular complexity index is 887. The fourth-order valence-corrected chi connectivity index (χ4v) is 3.14. The van der Waals surface area contributed by atoms with Gasteiger partial charge >= 0.3 is 5.97 Å². The van der Waals surface area contributed by atoms with Gasteiger partial charge in [0.15, 0.2) is 15.6 Å². The van der Waals surface area contributed by atoms with Crippen molar-refractivity contribution in [3.63, 3.8) is 0 Å². The van der Waals surface area contributed by atoms with E-state index in [-0.39, 0.29) is 29.3 Å². The largest absolute Gasteiger partial charge is 0.466 e. The lowest BCUT2D eigenvalue weighted by Gasteiger charge is -2.16. The highest BCUT2D eigenvalue weighted by Crippen LogP contribution is 2.26. The third-order valence-corrected chi connectivity index (χ3v) is 4.96. The molecule has 0 aliphatic rings. The van der Waals surface area contributed by atoms with Gasteiger partial charge in [0.1, 0.15) is 5.82 Å². The van der Waals surface area contributed by atoms with Crippen molar-refractivity contribution in [3.8, 4) is 0 Å². The molecule has 2 aromatic rings. The number of carbonyl (C=O) groups excluding carboxylic acids is 2. The molecule has 0 aliphatic carbocycles. The minimum Gasteiger partial charge on any atom is -0.466 e. The maximum absolute atomic E-state index is 13.1. The molecule has 0 amide bonds. The molecule has 26 heavy (non-hydrogen) atoms. The van der Waals surface area contributed by atoms with Crippen molar-refractivity contribution in [2.24, 2.45) is 0 Å². The number of sulfone groups is 1. The zero-order chi connectivity index (χ0) is 19.3. The Morgan fingerprint density at radius 1 is 1.04 bits per heavy atom. The number of hydrogen-bond donors (Lipinski definition) is 0. The summed E-state index contributed by atoms with van der Waals surface area (Å²) < 4.78 is 41.2. The summed E-state index contributed by atoms with van der Waals surface area (Å²) in [7, 11) is -3.37. The molecule has 0 saturated carbocycles. The van der Waals surface area contributed by atoms with Crippen molar-refractivity contribution >= 4 is 21.6 Å². The number of ketones is 1. The second-order valence-corrected chi connectivity index (χ2v) is 7.79. The van der Waals surface area contributed by atoms with E-state index in [0.29, 0.717) is 5.56 Å². The lowest BCUT2D eigenvalue weighted by Crippen LogP contribution is -2.19. The predicted molar refractivity (Wildman–Crippen MR) is 94.3 cm³/mol. The molecule has 0 heterocycles. The average Bonchev–Trinajstić information content (AvgIpc) is 2.59. The van der Waals surface area contributed by atoms with Gasteiger partial charge in [0.25, 0.3) is 0 Å². The Labute approximate surface area is 151 Å². The van der Waals surface area contributed by atoms with E-state index < -0.39 is 27.5 Å². The molecule has 0 aromatic heterocycles. The van der Waals surface area contributed by atoms with Crippen molar-refractivity contribution in [3.05, 3.63) is 65.5 Å². The number of halogens is 1. The number of hydrogen-bond acceptors (Lipinski definition) is 5. The number of benzene rings is 2. The van der Waals surface area contributed by atoms with Crippen LogP contribution in [-0.4, -0.2) is 33.0 Å². The van der Waals surface area contributed by atoms with Crippen LogP contribution in [0.15, 0.2) is 53.4 Å². The van der Waals surface area contributed by atoms with Crippen LogP contribution in [0, 0.1) is 5.82 Å². The van der Waals surface area contributed by atoms with Crippen molar-refractivity contribution in [2.45, 2.75) is 24.2 Å². The first-order valence-corrected chi connectivity index (χ1v) is 9.87. The van der Waals surface area contributed by atoms with Gasteiger partial charge in [-0.3, -0.25) is 9.59 Å². The number of esters is 1. The third-order valence-electron chi connectivity index (χ3n) is 3.83. The smallest absolute Gasteiger partial charge is 0.306 e. The zero-order valence-corrected chi connectivity index (χ0v) is 15.3. The van der Waals surface area contributed by atoms with Crippen LogP contribution in [-0.2, 0) is 19.4 Å². The van der Waals surface area contributed by atoms with Gasteiger partial charge in [-0.2, -0.15) is 0 Å². The highest BCUT2D eigenvalue weighted by atomic mass is 32.2. The zero-order valence-electron chi connectivity index (χ0n) is 14.4. The SMILES string of the molecule is CCOC(=O)CC(C(=O)c1ccc(F)cc1)c1ccc(S(C)(=O)=O)cc1. The molecule has 0 aliphatic heterocycles. The summed E-state index contributed by atoms with van der Waals surface area (Å²) in [6.45, 7) is 1.85. The summed E-state index contributed by atoms with van der Waals surface area (Å²) >= 11 is 0. The fourth-order valence-electron chi connectivity index (χ4n) is 2.51. The molecule has 2 rings (SSSR count). The maximum atomic E-state index is 13.1. The van der Waals surface area contributed by atoms with Gasteiger partial charge in [-0.25, -0.2) is 12.8 Å². The minimum absolute atomic E-state index is 0.116. The van der Waals surface area contributed by atoms with Crippen LogP contribution >= 0.6 is 0 Å². The van der Waals surface area contributed by atoms with E-state index >= 15 is 0 Å². The molecule has 1 atom stereocenters. The third kappa shape index (κ3) is 4.98. The monoisotopic (exact) mass is 378 g/mol. The maximum Gasteiger partial charge on any atom is 0.306 e. The normalized spacial score (nSPS) is 12.4. The second-order valence-electron chi connectivity index (χ2n) is 5.77. The van der Waals surface area contributed by atoms with E-state index in [1.54, 1.807) is 6.92 Å². The van der Waals surface area contributed by atoms with E-state index in [4.69, 9.17) is 4.74 Å². The van der Waals surface area contributed by atoms with Crippen LogP contribution in [0.5, 0.6) is 0 Å². The Balaban J connectivity index is 2.38. The number of ether oxygens (including phenoxy) is 1. The molecule has 0 N–H and O–H groups in total. The standard InChI is InChI=1S/C19H19FO5S/c1-3-25-18(21)12-17(19(22)14-4-8-15(20)9-5-14)13-6-10-16(11-7-13)26(2,23)24/h4-11,17H,3,12H2,1-2H3. The van der Waals surface area contributed by atoms with E-state index in [1.807, 2.05) is 0 Å². The lowest BCUT2D eigenvalue weighted by molar-refractivity contribution is -0.143. The van der Waals surface area contributed by atoms with Crippen LogP contribution in [0.2, 0.25) is 0 Å². The first-order valence-electron chi connectivity index (χ1n) is 7.97. The fraction of sp³-hybridized carbons (Fsp3) is 0.263. The van der Waals surface area contributed by atoms with Crippen molar-refractivity contribution in [1.29, 1.82) is 0 Å². The summed E-state index contributed by atoms with van der Waals surface area (Å²) in [6.07, 6.45) is 0.893. The van der Waals surface area contributed by atoms with E-state index in [1.165, 1.54) is 48.5 Å².